The zero-order chi connectivity index (χ0) is 19.0. The number of likely N-dealkylation sites (tertiary alicyclic amines) is 1. The largest absolute Gasteiger partial charge is 0.366 e. The fourth-order valence-corrected chi connectivity index (χ4v) is 4.02. The Morgan fingerprint density at radius 1 is 1.19 bits per heavy atom. The number of piperidine rings is 1. The third-order valence-corrected chi connectivity index (χ3v) is 5.61. The molecule has 1 atom stereocenters. The lowest BCUT2D eigenvalue weighted by atomic mass is 9.90. The van der Waals surface area contributed by atoms with Crippen LogP contribution in [0.15, 0.2) is 48.7 Å². The minimum Gasteiger partial charge on any atom is -0.366 e. The van der Waals surface area contributed by atoms with Gasteiger partial charge in [-0.05, 0) is 62.9 Å². The van der Waals surface area contributed by atoms with Gasteiger partial charge in [-0.15, -0.1) is 0 Å². The molecule has 5 heteroatoms. The molecule has 3 aromatic rings. The third-order valence-electron chi connectivity index (χ3n) is 5.61. The van der Waals surface area contributed by atoms with Crippen molar-refractivity contribution in [3.8, 4) is 5.69 Å². The van der Waals surface area contributed by atoms with Crippen molar-refractivity contribution in [1.82, 2.24) is 14.7 Å². The summed E-state index contributed by atoms with van der Waals surface area (Å²) in [6.07, 6.45) is 4.44. The first kappa shape index (κ1) is 17.7. The zero-order valence-corrected chi connectivity index (χ0v) is 15.9. The highest BCUT2D eigenvalue weighted by Crippen LogP contribution is 2.29. The fourth-order valence-electron chi connectivity index (χ4n) is 4.02. The minimum absolute atomic E-state index is 0.451. The summed E-state index contributed by atoms with van der Waals surface area (Å²) in [5, 5.41) is 5.50. The summed E-state index contributed by atoms with van der Waals surface area (Å²) in [6, 6.07) is 14.7. The Labute approximate surface area is 159 Å². The highest BCUT2D eigenvalue weighted by molar-refractivity contribution is 6.04. The molecule has 2 aromatic carbocycles. The number of hydrogen-bond acceptors (Lipinski definition) is 3. The first-order chi connectivity index (χ1) is 13.0. The van der Waals surface area contributed by atoms with Crippen LogP contribution in [0.3, 0.4) is 0 Å². The van der Waals surface area contributed by atoms with Gasteiger partial charge in [0.1, 0.15) is 5.52 Å². The molecular formula is C22H26N4O. The van der Waals surface area contributed by atoms with Gasteiger partial charge in [-0.1, -0.05) is 24.3 Å². The lowest BCUT2D eigenvalue weighted by molar-refractivity contribution is 0.100. The molecule has 27 heavy (non-hydrogen) atoms. The topological polar surface area (TPSA) is 64.2 Å². The van der Waals surface area contributed by atoms with Gasteiger partial charge in [0.2, 0.25) is 0 Å². The van der Waals surface area contributed by atoms with E-state index in [4.69, 9.17) is 5.73 Å². The smallest absolute Gasteiger partial charge is 0.250 e. The third kappa shape index (κ3) is 3.47. The van der Waals surface area contributed by atoms with Gasteiger partial charge in [0.25, 0.3) is 5.91 Å². The Morgan fingerprint density at radius 2 is 1.96 bits per heavy atom. The van der Waals surface area contributed by atoms with Crippen molar-refractivity contribution in [3.05, 3.63) is 59.8 Å². The number of amides is 1. The maximum absolute atomic E-state index is 11.6. The molecular weight excluding hydrogens is 336 g/mol. The van der Waals surface area contributed by atoms with E-state index in [-0.39, 0.29) is 0 Å². The van der Waals surface area contributed by atoms with Gasteiger partial charge in [0.05, 0.1) is 11.3 Å². The number of carbonyl (C=O) groups is 1. The minimum atomic E-state index is -0.451. The molecule has 1 unspecified atom stereocenters. The summed E-state index contributed by atoms with van der Waals surface area (Å²) in [6.45, 7) is 6.88. The second kappa shape index (κ2) is 7.16. The predicted molar refractivity (Wildman–Crippen MR) is 108 cm³/mol. The molecule has 1 fully saturated rings. The van der Waals surface area contributed by atoms with E-state index < -0.39 is 5.91 Å². The van der Waals surface area contributed by atoms with E-state index >= 15 is 0 Å². The Kier molecular flexibility index (Phi) is 4.70. The van der Waals surface area contributed by atoms with Gasteiger partial charge in [-0.2, -0.15) is 5.10 Å². The molecule has 0 bridgehead atoms. The first-order valence-corrected chi connectivity index (χ1v) is 9.65. The standard InChI is InChI=1S/C22H26N4O/c1-15(2)25-12-4-6-17(13-25)16-8-10-19(11-9-16)26-14-18-5-3-7-20(22(23)27)21(18)24-26/h3,5,7-11,14-15,17H,4,6,12-13H2,1-2H3,(H2,23,27). The molecule has 2 N–H and O–H groups in total. The van der Waals surface area contributed by atoms with Crippen LogP contribution in [0.5, 0.6) is 0 Å². The van der Waals surface area contributed by atoms with Gasteiger partial charge in [0, 0.05) is 24.2 Å². The van der Waals surface area contributed by atoms with Crippen LogP contribution in [0.25, 0.3) is 16.6 Å². The van der Waals surface area contributed by atoms with E-state index in [1.165, 1.54) is 24.9 Å². The van der Waals surface area contributed by atoms with Crippen molar-refractivity contribution >= 4 is 16.8 Å². The fraction of sp³-hybridized carbons (Fsp3) is 0.364. The van der Waals surface area contributed by atoms with Crippen molar-refractivity contribution in [2.45, 2.75) is 38.6 Å². The van der Waals surface area contributed by atoms with Gasteiger partial charge in [-0.25, -0.2) is 4.68 Å². The van der Waals surface area contributed by atoms with Gasteiger partial charge < -0.3 is 10.6 Å². The van der Waals surface area contributed by atoms with Crippen LogP contribution < -0.4 is 5.73 Å². The molecule has 2 heterocycles. The second-order valence-corrected chi connectivity index (χ2v) is 7.70. The molecule has 1 aliphatic rings. The van der Waals surface area contributed by atoms with E-state index in [1.807, 2.05) is 23.0 Å². The lowest BCUT2D eigenvalue weighted by Crippen LogP contribution is -2.39. The number of fused-ring (bicyclic) bond motifs is 1. The molecule has 5 nitrogen and oxygen atoms in total. The van der Waals surface area contributed by atoms with Crippen molar-refractivity contribution in [2.24, 2.45) is 5.73 Å². The average Bonchev–Trinajstić information content (AvgIpc) is 3.12. The van der Waals surface area contributed by atoms with Crippen LogP contribution in [0.1, 0.15) is 48.5 Å². The number of nitrogens with two attached hydrogens (primary N) is 1. The van der Waals surface area contributed by atoms with Crippen LogP contribution in [0.2, 0.25) is 0 Å². The molecule has 1 aliphatic heterocycles. The van der Waals surface area contributed by atoms with Crippen molar-refractivity contribution in [1.29, 1.82) is 0 Å². The van der Waals surface area contributed by atoms with Crippen LogP contribution in [-0.2, 0) is 0 Å². The number of carbonyl (C=O) groups excluding carboxylic acids is 1. The number of hydrogen-bond donors (Lipinski definition) is 1. The first-order valence-electron chi connectivity index (χ1n) is 9.65. The summed E-state index contributed by atoms with van der Waals surface area (Å²) in [5.74, 6) is 0.140. The second-order valence-electron chi connectivity index (χ2n) is 7.70. The molecule has 4 rings (SSSR count). The van der Waals surface area contributed by atoms with Crippen LogP contribution in [-0.4, -0.2) is 39.7 Å². The van der Waals surface area contributed by atoms with Crippen molar-refractivity contribution in [3.63, 3.8) is 0 Å². The maximum Gasteiger partial charge on any atom is 0.250 e. The molecule has 0 radical (unpaired) electrons. The number of rotatable bonds is 4. The Balaban J connectivity index is 1.60. The molecule has 0 spiro atoms. The molecule has 0 aliphatic carbocycles. The molecule has 1 saturated heterocycles. The van der Waals surface area contributed by atoms with Crippen molar-refractivity contribution < 1.29 is 4.79 Å². The Morgan fingerprint density at radius 3 is 2.67 bits per heavy atom. The number of primary amides is 1. The summed E-state index contributed by atoms with van der Waals surface area (Å²) in [7, 11) is 0. The molecule has 140 valence electrons. The Bertz CT molecular complexity index is 958. The highest BCUT2D eigenvalue weighted by atomic mass is 16.1. The SMILES string of the molecule is CC(C)N1CCCC(c2ccc(-n3cc4cccc(C(N)=O)c4n3)cc2)C1. The summed E-state index contributed by atoms with van der Waals surface area (Å²) >= 11 is 0. The van der Waals surface area contributed by atoms with Crippen molar-refractivity contribution in [2.75, 3.05) is 13.1 Å². The monoisotopic (exact) mass is 362 g/mol. The van der Waals surface area contributed by atoms with Gasteiger partial charge in [-0.3, -0.25) is 4.79 Å². The highest BCUT2D eigenvalue weighted by Gasteiger charge is 2.22. The zero-order valence-electron chi connectivity index (χ0n) is 15.9. The van der Waals surface area contributed by atoms with E-state index in [0.717, 1.165) is 17.6 Å². The van der Waals surface area contributed by atoms with Crippen LogP contribution in [0, 0.1) is 0 Å². The van der Waals surface area contributed by atoms with E-state index in [9.17, 15) is 4.79 Å². The summed E-state index contributed by atoms with van der Waals surface area (Å²) in [4.78, 5) is 14.2. The normalized spacial score (nSPS) is 18.3. The molecule has 1 amide bonds. The maximum atomic E-state index is 11.6. The van der Waals surface area contributed by atoms with E-state index in [0.29, 0.717) is 23.0 Å². The van der Waals surface area contributed by atoms with Gasteiger partial charge in [0.15, 0.2) is 0 Å². The quantitative estimate of drug-likeness (QED) is 0.769. The van der Waals surface area contributed by atoms with E-state index in [2.05, 4.69) is 48.1 Å². The summed E-state index contributed by atoms with van der Waals surface area (Å²) < 4.78 is 1.82. The summed E-state index contributed by atoms with van der Waals surface area (Å²) in [5.41, 5.74) is 8.95. The molecule has 1 aromatic heterocycles. The molecule has 0 saturated carbocycles. The Hall–Kier alpha value is -2.66. The van der Waals surface area contributed by atoms with Crippen LogP contribution >= 0.6 is 0 Å². The lowest BCUT2D eigenvalue weighted by Gasteiger charge is -2.35. The average molecular weight is 362 g/mol. The predicted octanol–water partition coefficient (Wildman–Crippen LogP) is 3.71. The number of aromatic nitrogens is 2. The van der Waals surface area contributed by atoms with Crippen LogP contribution in [0.4, 0.5) is 0 Å². The number of benzene rings is 2. The van der Waals surface area contributed by atoms with E-state index in [1.54, 1.807) is 6.07 Å². The number of nitrogens with zero attached hydrogens (tertiary/aromatic N) is 3. The van der Waals surface area contributed by atoms with Gasteiger partial charge >= 0.3 is 0 Å².